The molecule has 3 aromatic rings. The van der Waals surface area contributed by atoms with Crippen LogP contribution in [-0.4, -0.2) is 17.0 Å². The highest BCUT2D eigenvalue weighted by molar-refractivity contribution is 7.18. The number of fused-ring (bicyclic) bond motifs is 2. The average molecular weight is 352 g/mol. The number of carbonyl (C=O) groups excluding carboxylic acids is 1. The maximum atomic E-state index is 12.5. The minimum Gasteiger partial charge on any atom is -0.426 e. The van der Waals surface area contributed by atoms with Crippen molar-refractivity contribution < 1.29 is 9.53 Å². The average Bonchev–Trinajstić information content (AvgIpc) is 3.03. The summed E-state index contributed by atoms with van der Waals surface area (Å²) in [7, 11) is 0. The predicted octanol–water partition coefficient (Wildman–Crippen LogP) is 4.04. The molecule has 5 heteroatoms. The normalized spacial score (nSPS) is 16.9. The van der Waals surface area contributed by atoms with Gasteiger partial charge < -0.3 is 10.1 Å². The lowest BCUT2D eigenvalue weighted by Crippen LogP contribution is -2.26. The Morgan fingerprint density at radius 3 is 2.92 bits per heavy atom. The number of benzene rings is 2. The van der Waals surface area contributed by atoms with Gasteiger partial charge in [0.15, 0.2) is 0 Å². The second-order valence-electron chi connectivity index (χ2n) is 6.68. The van der Waals surface area contributed by atoms with E-state index in [4.69, 9.17) is 4.74 Å². The summed E-state index contributed by atoms with van der Waals surface area (Å²) >= 11 is 1.57. The summed E-state index contributed by atoms with van der Waals surface area (Å²) in [6.45, 7) is 4.99. The molecule has 1 N–H and O–H groups in total. The number of carbonyl (C=O) groups is 1. The third-order valence-electron chi connectivity index (χ3n) is 4.37. The lowest BCUT2D eigenvalue weighted by molar-refractivity contribution is -0.137. The van der Waals surface area contributed by atoms with Crippen LogP contribution in [0.2, 0.25) is 0 Å². The molecule has 4 nitrogen and oxygen atoms in total. The largest absolute Gasteiger partial charge is 0.426 e. The van der Waals surface area contributed by atoms with Gasteiger partial charge in [0, 0.05) is 12.6 Å². The van der Waals surface area contributed by atoms with E-state index in [1.54, 1.807) is 11.3 Å². The minimum atomic E-state index is -0.315. The van der Waals surface area contributed by atoms with E-state index in [-0.39, 0.29) is 11.9 Å². The Bertz CT molecular complexity index is 899. The molecule has 0 saturated carbocycles. The summed E-state index contributed by atoms with van der Waals surface area (Å²) in [5, 5.41) is 4.22. The molecule has 2 aromatic carbocycles. The number of aromatic nitrogens is 1. The van der Waals surface area contributed by atoms with Crippen LogP contribution in [0, 0.1) is 0 Å². The Hall–Kier alpha value is -2.24. The summed E-state index contributed by atoms with van der Waals surface area (Å²) in [5.74, 6) is 0.162. The van der Waals surface area contributed by atoms with Crippen molar-refractivity contribution in [3.05, 3.63) is 58.6 Å². The quantitative estimate of drug-likeness (QED) is 0.569. The van der Waals surface area contributed by atoms with E-state index in [1.807, 2.05) is 30.3 Å². The number of para-hydroxylation sites is 1. The molecule has 1 unspecified atom stereocenters. The fourth-order valence-electron chi connectivity index (χ4n) is 3.00. The van der Waals surface area contributed by atoms with Crippen molar-refractivity contribution in [3.8, 4) is 5.75 Å². The molecular formula is C20H20N2O2S. The maximum Gasteiger partial charge on any atom is 0.321 e. The van der Waals surface area contributed by atoms with E-state index in [0.717, 1.165) is 32.9 Å². The van der Waals surface area contributed by atoms with Crippen LogP contribution in [0.25, 0.3) is 10.2 Å². The number of thiazole rings is 1. The molecule has 0 amide bonds. The predicted molar refractivity (Wildman–Crippen MR) is 100 cm³/mol. The lowest BCUT2D eigenvalue weighted by Gasteiger charge is -2.22. The highest BCUT2D eigenvalue weighted by Gasteiger charge is 2.32. The summed E-state index contributed by atoms with van der Waals surface area (Å²) in [5.41, 5.74) is 3.13. The summed E-state index contributed by atoms with van der Waals surface area (Å²) in [6, 6.07) is 14.5. The number of hydrogen-bond acceptors (Lipinski definition) is 5. The highest BCUT2D eigenvalue weighted by Crippen LogP contribution is 2.36. The smallest absolute Gasteiger partial charge is 0.321 e. The molecule has 1 aliphatic heterocycles. The fourth-order valence-corrected chi connectivity index (χ4v) is 4.06. The molecule has 0 fully saturated rings. The van der Waals surface area contributed by atoms with Crippen molar-refractivity contribution in [2.45, 2.75) is 38.8 Å². The van der Waals surface area contributed by atoms with Gasteiger partial charge in [-0.05, 0) is 35.7 Å². The van der Waals surface area contributed by atoms with E-state index in [1.165, 1.54) is 0 Å². The van der Waals surface area contributed by atoms with Crippen molar-refractivity contribution in [3.63, 3.8) is 0 Å². The van der Waals surface area contributed by atoms with Crippen molar-refractivity contribution in [2.24, 2.45) is 0 Å². The number of rotatable bonds is 4. The first-order valence-corrected chi connectivity index (χ1v) is 9.34. The zero-order valence-corrected chi connectivity index (χ0v) is 15.1. The van der Waals surface area contributed by atoms with E-state index < -0.39 is 0 Å². The van der Waals surface area contributed by atoms with Crippen LogP contribution in [0.1, 0.15) is 35.9 Å². The van der Waals surface area contributed by atoms with E-state index in [9.17, 15) is 4.79 Å². The van der Waals surface area contributed by atoms with Gasteiger partial charge in [0.2, 0.25) is 0 Å². The van der Waals surface area contributed by atoms with Gasteiger partial charge in [-0.1, -0.05) is 38.1 Å². The van der Waals surface area contributed by atoms with Crippen LogP contribution in [0.3, 0.4) is 0 Å². The zero-order valence-electron chi connectivity index (χ0n) is 14.3. The topological polar surface area (TPSA) is 51.2 Å². The highest BCUT2D eigenvalue weighted by atomic mass is 32.1. The standard InChI is InChI=1S/C20H20N2O2S/c1-12(2)21-11-13-7-8-14-10-15(20(23)24-17(14)9-13)19-22-16-5-3-4-6-18(16)25-19/h3-9,12,15,21H,10-11H2,1-2H3. The number of nitrogens with zero attached hydrogens (tertiary/aromatic N) is 1. The first-order chi connectivity index (χ1) is 12.1. The lowest BCUT2D eigenvalue weighted by atomic mass is 9.95. The molecule has 128 valence electrons. The molecule has 0 saturated heterocycles. The number of nitrogens with one attached hydrogen (secondary N) is 1. The van der Waals surface area contributed by atoms with Crippen LogP contribution in [0.4, 0.5) is 0 Å². The van der Waals surface area contributed by atoms with Crippen molar-refractivity contribution in [1.29, 1.82) is 0 Å². The van der Waals surface area contributed by atoms with Crippen LogP contribution in [-0.2, 0) is 17.8 Å². The molecule has 1 atom stereocenters. The van der Waals surface area contributed by atoms with Crippen LogP contribution in [0.5, 0.6) is 5.75 Å². The maximum absolute atomic E-state index is 12.5. The second kappa shape index (κ2) is 6.58. The molecule has 0 spiro atoms. The second-order valence-corrected chi connectivity index (χ2v) is 7.74. The van der Waals surface area contributed by atoms with Crippen molar-refractivity contribution >= 4 is 27.5 Å². The SMILES string of the molecule is CC(C)NCc1ccc2c(c1)OC(=O)C(c1nc3ccccc3s1)C2. The molecule has 1 aliphatic rings. The molecule has 0 aliphatic carbocycles. The summed E-state index contributed by atoms with van der Waals surface area (Å²) in [4.78, 5) is 17.2. The van der Waals surface area contributed by atoms with Gasteiger partial charge in [0.05, 0.1) is 10.2 Å². The summed E-state index contributed by atoms with van der Waals surface area (Å²) < 4.78 is 6.75. The van der Waals surface area contributed by atoms with Gasteiger partial charge in [0.1, 0.15) is 16.7 Å². The number of ether oxygens (including phenoxy) is 1. The zero-order chi connectivity index (χ0) is 17.4. The van der Waals surface area contributed by atoms with Gasteiger partial charge in [-0.25, -0.2) is 4.98 Å². The number of esters is 1. The van der Waals surface area contributed by atoms with Gasteiger partial charge in [-0.2, -0.15) is 0 Å². The van der Waals surface area contributed by atoms with Crippen LogP contribution >= 0.6 is 11.3 Å². The van der Waals surface area contributed by atoms with Crippen molar-refractivity contribution in [2.75, 3.05) is 0 Å². The Balaban J connectivity index is 1.59. The van der Waals surface area contributed by atoms with E-state index in [2.05, 4.69) is 36.3 Å². The number of hydrogen-bond donors (Lipinski definition) is 1. The minimum absolute atomic E-state index is 0.208. The Morgan fingerprint density at radius 1 is 1.28 bits per heavy atom. The molecular weight excluding hydrogens is 332 g/mol. The van der Waals surface area contributed by atoms with Crippen molar-refractivity contribution in [1.82, 2.24) is 10.3 Å². The van der Waals surface area contributed by atoms with E-state index in [0.29, 0.717) is 18.2 Å². The van der Waals surface area contributed by atoms with Gasteiger partial charge in [0.25, 0.3) is 0 Å². The first kappa shape index (κ1) is 16.2. The fraction of sp³-hybridized carbons (Fsp3) is 0.300. The first-order valence-electron chi connectivity index (χ1n) is 8.52. The molecule has 0 bridgehead atoms. The molecule has 0 radical (unpaired) electrons. The molecule has 4 rings (SSSR count). The monoisotopic (exact) mass is 352 g/mol. The van der Waals surface area contributed by atoms with Crippen LogP contribution in [0.15, 0.2) is 42.5 Å². The van der Waals surface area contributed by atoms with Gasteiger partial charge in [-0.3, -0.25) is 4.79 Å². The Kier molecular flexibility index (Phi) is 4.27. The molecule has 1 aromatic heterocycles. The molecule has 2 heterocycles. The van der Waals surface area contributed by atoms with E-state index >= 15 is 0 Å². The van der Waals surface area contributed by atoms with Gasteiger partial charge in [-0.15, -0.1) is 11.3 Å². The third kappa shape index (κ3) is 3.30. The third-order valence-corrected chi connectivity index (χ3v) is 5.52. The van der Waals surface area contributed by atoms with Crippen LogP contribution < -0.4 is 10.1 Å². The van der Waals surface area contributed by atoms with Gasteiger partial charge >= 0.3 is 5.97 Å². The Labute approximate surface area is 150 Å². The Morgan fingerprint density at radius 2 is 2.12 bits per heavy atom. The summed E-state index contributed by atoms with van der Waals surface area (Å²) in [6.07, 6.45) is 0.645. The molecule has 25 heavy (non-hydrogen) atoms.